The van der Waals surface area contributed by atoms with Crippen LogP contribution in [0.15, 0.2) is 0 Å². The third kappa shape index (κ3) is 5.87. The summed E-state index contributed by atoms with van der Waals surface area (Å²) in [7, 11) is 0. The van der Waals surface area contributed by atoms with Crippen LogP contribution in [0.4, 0.5) is 0 Å². The molecule has 0 bridgehead atoms. The zero-order valence-electron chi connectivity index (χ0n) is 12.2. The molecule has 0 amide bonds. The van der Waals surface area contributed by atoms with Crippen LogP contribution in [0.2, 0.25) is 0 Å². The van der Waals surface area contributed by atoms with Crippen molar-refractivity contribution in [3.8, 4) is 0 Å². The molecule has 2 nitrogen and oxygen atoms in total. The molecule has 0 saturated carbocycles. The van der Waals surface area contributed by atoms with Gasteiger partial charge < -0.3 is 10.2 Å². The standard InChI is InChI=1S/C15H32N2/c1-4-16-11-7-5-6-8-12-17-13-9-10-14(2)15(17)3/h14-16H,4-13H2,1-3H3. The van der Waals surface area contributed by atoms with Crippen LogP contribution in [0.5, 0.6) is 0 Å². The Morgan fingerprint density at radius 3 is 2.65 bits per heavy atom. The molecular weight excluding hydrogens is 208 g/mol. The normalized spacial score (nSPS) is 26.3. The molecule has 1 N–H and O–H groups in total. The smallest absolute Gasteiger partial charge is 0.00925 e. The quantitative estimate of drug-likeness (QED) is 0.655. The molecule has 1 rings (SSSR count). The number of nitrogens with zero attached hydrogens (tertiary/aromatic N) is 1. The van der Waals surface area contributed by atoms with Crippen LogP contribution in [0.1, 0.15) is 59.3 Å². The highest BCUT2D eigenvalue weighted by atomic mass is 15.2. The number of unbranched alkanes of at least 4 members (excludes halogenated alkanes) is 3. The van der Waals surface area contributed by atoms with Gasteiger partial charge in [0.2, 0.25) is 0 Å². The Morgan fingerprint density at radius 2 is 1.88 bits per heavy atom. The van der Waals surface area contributed by atoms with E-state index in [9.17, 15) is 0 Å². The molecule has 2 atom stereocenters. The highest BCUT2D eigenvalue weighted by Gasteiger charge is 2.23. The maximum Gasteiger partial charge on any atom is 0.00925 e. The van der Waals surface area contributed by atoms with Gasteiger partial charge in [-0.2, -0.15) is 0 Å². The lowest BCUT2D eigenvalue weighted by atomic mass is 9.92. The molecule has 1 saturated heterocycles. The number of nitrogens with one attached hydrogen (secondary N) is 1. The number of rotatable bonds is 8. The van der Waals surface area contributed by atoms with Gasteiger partial charge in [0.25, 0.3) is 0 Å². The Labute approximate surface area is 108 Å². The van der Waals surface area contributed by atoms with Gasteiger partial charge in [0.1, 0.15) is 0 Å². The second-order valence-electron chi connectivity index (χ2n) is 5.66. The highest BCUT2D eigenvalue weighted by molar-refractivity contribution is 4.78. The predicted octanol–water partition coefficient (Wildman–Crippen LogP) is 3.28. The lowest BCUT2D eigenvalue weighted by Crippen LogP contribution is -2.42. The molecule has 0 aromatic rings. The van der Waals surface area contributed by atoms with Crippen LogP contribution in [-0.2, 0) is 0 Å². The lowest BCUT2D eigenvalue weighted by molar-refractivity contribution is 0.112. The van der Waals surface area contributed by atoms with E-state index in [1.54, 1.807) is 0 Å². The summed E-state index contributed by atoms with van der Waals surface area (Å²) in [6.07, 6.45) is 8.38. The minimum atomic E-state index is 0.811. The topological polar surface area (TPSA) is 15.3 Å². The van der Waals surface area contributed by atoms with Crippen molar-refractivity contribution in [1.29, 1.82) is 0 Å². The minimum absolute atomic E-state index is 0.811. The Kier molecular flexibility index (Phi) is 7.87. The maximum absolute atomic E-state index is 3.39. The van der Waals surface area contributed by atoms with E-state index in [2.05, 4.69) is 31.0 Å². The van der Waals surface area contributed by atoms with Gasteiger partial charge in [-0.25, -0.2) is 0 Å². The van der Waals surface area contributed by atoms with Crippen molar-refractivity contribution in [2.75, 3.05) is 26.2 Å². The van der Waals surface area contributed by atoms with Crippen LogP contribution in [0.25, 0.3) is 0 Å². The van der Waals surface area contributed by atoms with Gasteiger partial charge in [-0.3, -0.25) is 0 Å². The molecule has 17 heavy (non-hydrogen) atoms. The Hall–Kier alpha value is -0.0800. The van der Waals surface area contributed by atoms with Gasteiger partial charge in [-0.1, -0.05) is 26.7 Å². The van der Waals surface area contributed by atoms with Gasteiger partial charge in [-0.15, -0.1) is 0 Å². The second kappa shape index (κ2) is 8.93. The fourth-order valence-electron chi connectivity index (χ4n) is 2.83. The second-order valence-corrected chi connectivity index (χ2v) is 5.66. The van der Waals surface area contributed by atoms with Gasteiger partial charge in [0.05, 0.1) is 0 Å². The summed E-state index contributed by atoms with van der Waals surface area (Å²) in [4.78, 5) is 2.71. The molecule has 0 spiro atoms. The summed E-state index contributed by atoms with van der Waals surface area (Å²) in [5, 5.41) is 3.39. The third-order valence-electron chi connectivity index (χ3n) is 4.30. The zero-order valence-corrected chi connectivity index (χ0v) is 12.2. The van der Waals surface area contributed by atoms with Gasteiger partial charge >= 0.3 is 0 Å². The fraction of sp³-hybridized carbons (Fsp3) is 1.00. The maximum atomic E-state index is 3.39. The molecule has 0 aromatic carbocycles. The lowest BCUT2D eigenvalue weighted by Gasteiger charge is -2.37. The Morgan fingerprint density at radius 1 is 1.12 bits per heavy atom. The van der Waals surface area contributed by atoms with Crippen molar-refractivity contribution in [3.63, 3.8) is 0 Å². The molecule has 1 aliphatic rings. The van der Waals surface area contributed by atoms with Crippen LogP contribution in [0.3, 0.4) is 0 Å². The summed E-state index contributed by atoms with van der Waals surface area (Å²) >= 11 is 0. The van der Waals surface area contributed by atoms with E-state index in [0.717, 1.165) is 18.5 Å². The van der Waals surface area contributed by atoms with Crippen molar-refractivity contribution >= 4 is 0 Å². The monoisotopic (exact) mass is 240 g/mol. The molecule has 1 fully saturated rings. The first-order chi connectivity index (χ1) is 8.25. The van der Waals surface area contributed by atoms with Crippen molar-refractivity contribution in [1.82, 2.24) is 10.2 Å². The average molecular weight is 240 g/mol. The summed E-state index contributed by atoms with van der Waals surface area (Å²) in [6.45, 7) is 12.0. The summed E-state index contributed by atoms with van der Waals surface area (Å²) in [5.74, 6) is 0.900. The largest absolute Gasteiger partial charge is 0.317 e. The van der Waals surface area contributed by atoms with Crippen LogP contribution < -0.4 is 5.32 Å². The van der Waals surface area contributed by atoms with E-state index >= 15 is 0 Å². The molecule has 0 radical (unpaired) electrons. The van der Waals surface area contributed by atoms with Gasteiger partial charge in [-0.05, 0) is 64.7 Å². The molecule has 2 heteroatoms. The highest BCUT2D eigenvalue weighted by Crippen LogP contribution is 2.23. The van der Waals surface area contributed by atoms with E-state index in [0.29, 0.717) is 0 Å². The van der Waals surface area contributed by atoms with E-state index in [4.69, 9.17) is 0 Å². The van der Waals surface area contributed by atoms with Crippen molar-refractivity contribution < 1.29 is 0 Å². The molecule has 0 aliphatic carbocycles. The van der Waals surface area contributed by atoms with Crippen molar-refractivity contribution in [2.45, 2.75) is 65.3 Å². The van der Waals surface area contributed by atoms with Crippen molar-refractivity contribution in [2.24, 2.45) is 5.92 Å². The minimum Gasteiger partial charge on any atom is -0.317 e. The van der Waals surface area contributed by atoms with Crippen LogP contribution in [-0.4, -0.2) is 37.1 Å². The molecule has 1 aliphatic heterocycles. The average Bonchev–Trinajstić information content (AvgIpc) is 2.33. The van der Waals surface area contributed by atoms with Gasteiger partial charge in [0.15, 0.2) is 0 Å². The van der Waals surface area contributed by atoms with E-state index in [1.807, 2.05) is 0 Å². The summed E-state index contributed by atoms with van der Waals surface area (Å²) in [6, 6.07) is 0.811. The summed E-state index contributed by atoms with van der Waals surface area (Å²) < 4.78 is 0. The summed E-state index contributed by atoms with van der Waals surface area (Å²) in [5.41, 5.74) is 0. The van der Waals surface area contributed by atoms with E-state index in [-0.39, 0.29) is 0 Å². The number of piperidine rings is 1. The van der Waals surface area contributed by atoms with E-state index < -0.39 is 0 Å². The van der Waals surface area contributed by atoms with E-state index in [1.165, 1.54) is 58.2 Å². The molecule has 1 heterocycles. The molecule has 2 unspecified atom stereocenters. The number of likely N-dealkylation sites (tertiary alicyclic amines) is 1. The fourth-order valence-corrected chi connectivity index (χ4v) is 2.83. The first kappa shape index (κ1) is 15.0. The SMILES string of the molecule is CCNCCCCCCN1CCCC(C)C1C. The molecule has 0 aromatic heterocycles. The van der Waals surface area contributed by atoms with Crippen LogP contribution in [0, 0.1) is 5.92 Å². The number of hydrogen-bond donors (Lipinski definition) is 1. The Bertz CT molecular complexity index is 182. The predicted molar refractivity (Wildman–Crippen MR) is 76.4 cm³/mol. The van der Waals surface area contributed by atoms with Gasteiger partial charge in [0, 0.05) is 6.04 Å². The van der Waals surface area contributed by atoms with Crippen molar-refractivity contribution in [3.05, 3.63) is 0 Å². The first-order valence-electron chi connectivity index (χ1n) is 7.70. The third-order valence-corrected chi connectivity index (χ3v) is 4.30. The number of hydrogen-bond acceptors (Lipinski definition) is 2. The molecule has 102 valence electrons. The Balaban J connectivity index is 1.98. The molecular formula is C15H32N2. The van der Waals surface area contributed by atoms with Crippen LogP contribution >= 0.6 is 0 Å². The zero-order chi connectivity index (χ0) is 12.5. The first-order valence-corrected chi connectivity index (χ1v) is 7.70.